The van der Waals surface area contributed by atoms with E-state index >= 15 is 0 Å². The van der Waals surface area contributed by atoms with Gasteiger partial charge in [0.2, 0.25) is 5.56 Å². The van der Waals surface area contributed by atoms with Crippen LogP contribution in [-0.4, -0.2) is 37.7 Å². The van der Waals surface area contributed by atoms with Crippen molar-refractivity contribution < 1.29 is 24.4 Å². The number of amides is 1. The molecule has 1 saturated carbocycles. The van der Waals surface area contributed by atoms with Crippen molar-refractivity contribution in [1.82, 2.24) is 14.9 Å². The first-order chi connectivity index (χ1) is 12.3. The molecule has 3 rings (SSSR count). The van der Waals surface area contributed by atoms with Gasteiger partial charge in [0.15, 0.2) is 0 Å². The highest BCUT2D eigenvalue weighted by molar-refractivity contribution is 5.96. The number of hydrogen-bond donors (Lipinski definition) is 4. The average molecular weight is 361 g/mol. The smallest absolute Gasteiger partial charge is 0.378 e. The molecule has 2 aromatic heterocycles. The number of fused-ring (bicyclic) bond motifs is 1. The predicted molar refractivity (Wildman–Crippen MR) is 91.9 cm³/mol. The summed E-state index contributed by atoms with van der Waals surface area (Å²) in [6, 6.07) is 0.0400. The number of nitrogens with zero attached hydrogens (tertiary/aromatic N) is 2. The number of carbonyl (C=O) groups excluding carboxylic acids is 1. The maximum atomic E-state index is 12.7. The van der Waals surface area contributed by atoms with Gasteiger partial charge in [0.1, 0.15) is 0 Å². The lowest BCUT2D eigenvalue weighted by Gasteiger charge is -2.10. The first-order valence-electron chi connectivity index (χ1n) is 8.40. The molecule has 138 valence electrons. The molecule has 0 spiro atoms. The summed E-state index contributed by atoms with van der Waals surface area (Å²) >= 11 is 0. The number of carbonyl (C=O) groups is 2. The van der Waals surface area contributed by atoms with Crippen LogP contribution in [0, 0.1) is 5.92 Å². The summed E-state index contributed by atoms with van der Waals surface area (Å²) in [6.45, 7) is 4.19. The third-order valence-corrected chi connectivity index (χ3v) is 4.06. The Labute approximate surface area is 148 Å². The molecule has 2 heterocycles. The number of aromatic nitrogens is 3. The quantitative estimate of drug-likeness (QED) is 0.434. The molecule has 0 unspecified atom stereocenters. The number of carboxylic acid groups (broad SMARTS) is 1. The van der Waals surface area contributed by atoms with Gasteiger partial charge in [-0.1, -0.05) is 18.4 Å². The van der Waals surface area contributed by atoms with Crippen LogP contribution in [0.5, 0.6) is 5.88 Å². The van der Waals surface area contributed by atoms with E-state index in [0.717, 1.165) is 23.4 Å². The largest absolute Gasteiger partial charge is 0.478 e. The molecule has 0 bridgehead atoms. The lowest BCUT2D eigenvalue weighted by molar-refractivity contribution is -0.686. The van der Waals surface area contributed by atoms with E-state index < -0.39 is 23.3 Å². The first kappa shape index (κ1) is 17.7. The first-order valence-corrected chi connectivity index (χ1v) is 8.40. The van der Waals surface area contributed by atoms with Crippen molar-refractivity contribution in [3.8, 4) is 5.88 Å². The Kier molecular flexibility index (Phi) is 4.54. The molecule has 0 radical (unpaired) electrons. The monoisotopic (exact) mass is 361 g/mol. The fraction of sp³-hybridized carbons (Fsp3) is 0.412. The van der Waals surface area contributed by atoms with Gasteiger partial charge in [-0.05, 0) is 24.8 Å². The lowest BCUT2D eigenvalue weighted by atomic mass is 10.2. The van der Waals surface area contributed by atoms with E-state index in [1.165, 1.54) is 16.8 Å². The van der Waals surface area contributed by atoms with Crippen LogP contribution >= 0.6 is 0 Å². The molecule has 0 atom stereocenters. The topological polar surface area (TPSA) is 128 Å². The zero-order valence-corrected chi connectivity index (χ0v) is 14.5. The van der Waals surface area contributed by atoms with Gasteiger partial charge < -0.3 is 15.5 Å². The molecular formula is C17H21N4O5+. The number of nitrogens with one attached hydrogen (secondary N) is 2. The van der Waals surface area contributed by atoms with Crippen LogP contribution in [0.15, 0.2) is 17.1 Å². The second kappa shape index (κ2) is 6.66. The minimum atomic E-state index is -1.13. The van der Waals surface area contributed by atoms with Gasteiger partial charge in [-0.15, -0.1) is 0 Å². The Morgan fingerprint density at radius 2 is 2.15 bits per heavy atom. The summed E-state index contributed by atoms with van der Waals surface area (Å²) in [5.74, 6) is -2.06. The highest BCUT2D eigenvalue weighted by atomic mass is 16.4. The minimum absolute atomic E-state index is 0.0400. The van der Waals surface area contributed by atoms with Crippen LogP contribution in [-0.2, 0) is 11.3 Å². The lowest BCUT2D eigenvalue weighted by Crippen LogP contribution is -2.46. The maximum absolute atomic E-state index is 12.7. The Bertz CT molecular complexity index is 966. The molecule has 1 aliphatic rings. The summed E-state index contributed by atoms with van der Waals surface area (Å²) in [6.07, 6.45) is 5.43. The third kappa shape index (κ3) is 3.32. The molecule has 26 heavy (non-hydrogen) atoms. The standard InChI is InChI=1S/C17H20N4O5/c1-9(2)8-20-15-10(3-6-12(22)23)7-18-21(15)17(26)13(16(20)25)14(24)19-11-4-5-11/h3,6-7,9,11H,4-5,8H2,1-2H3,(H3,19,22,23,24,25,26)/p+1/b6-3+. The van der Waals surface area contributed by atoms with E-state index in [2.05, 4.69) is 10.4 Å². The molecule has 9 heteroatoms. The predicted octanol–water partition coefficient (Wildman–Crippen LogP) is 0.267. The minimum Gasteiger partial charge on any atom is -0.478 e. The van der Waals surface area contributed by atoms with Crippen molar-refractivity contribution >= 4 is 23.6 Å². The number of carboxylic acids is 1. The van der Waals surface area contributed by atoms with E-state index in [-0.39, 0.29) is 17.5 Å². The molecule has 9 nitrogen and oxygen atoms in total. The van der Waals surface area contributed by atoms with Gasteiger partial charge in [-0.3, -0.25) is 4.79 Å². The summed E-state index contributed by atoms with van der Waals surface area (Å²) < 4.78 is 2.59. The Morgan fingerprint density at radius 3 is 2.73 bits per heavy atom. The van der Waals surface area contributed by atoms with Gasteiger partial charge >= 0.3 is 23.1 Å². The Balaban J connectivity index is 2.23. The van der Waals surface area contributed by atoms with E-state index in [9.17, 15) is 19.5 Å². The third-order valence-electron chi connectivity index (χ3n) is 4.06. The fourth-order valence-corrected chi connectivity index (χ4v) is 2.77. The molecule has 4 N–H and O–H groups in total. The number of hydrogen-bond acceptors (Lipinski definition) is 4. The normalized spacial score (nSPS) is 14.4. The number of aromatic amines is 1. The van der Waals surface area contributed by atoms with Crippen molar-refractivity contribution in [3.63, 3.8) is 0 Å². The maximum Gasteiger partial charge on any atom is 0.378 e. The molecule has 1 amide bonds. The summed E-state index contributed by atoms with van der Waals surface area (Å²) in [5.41, 5.74) is -0.312. The molecular weight excluding hydrogens is 340 g/mol. The fourth-order valence-electron chi connectivity index (χ4n) is 2.77. The SMILES string of the molecule is CC(C)C[n+]1c(O)c(C(=O)NC2CC2)c(=O)n2[nH]cc(/C=C/C(=O)O)c21. The second-order valence-electron chi connectivity index (χ2n) is 6.82. The van der Waals surface area contributed by atoms with Gasteiger partial charge in [0.05, 0.1) is 18.3 Å². The average Bonchev–Trinajstić information content (AvgIpc) is 3.25. The van der Waals surface area contributed by atoms with E-state index in [0.29, 0.717) is 17.8 Å². The molecule has 2 aromatic rings. The number of H-pyrrole nitrogens is 1. The Morgan fingerprint density at radius 1 is 1.46 bits per heavy atom. The van der Waals surface area contributed by atoms with E-state index in [4.69, 9.17) is 5.11 Å². The van der Waals surface area contributed by atoms with Crippen LogP contribution in [0.4, 0.5) is 0 Å². The van der Waals surface area contributed by atoms with Gasteiger partial charge in [-0.25, -0.2) is 14.7 Å². The molecule has 0 aromatic carbocycles. The zero-order chi connectivity index (χ0) is 19.0. The van der Waals surface area contributed by atoms with Crippen molar-refractivity contribution in [2.24, 2.45) is 5.92 Å². The molecule has 0 aliphatic heterocycles. The highest BCUT2D eigenvalue weighted by Gasteiger charge is 2.34. The van der Waals surface area contributed by atoms with Gasteiger partial charge in [0, 0.05) is 12.1 Å². The Hall–Kier alpha value is -3.10. The van der Waals surface area contributed by atoms with Crippen molar-refractivity contribution in [3.05, 3.63) is 33.8 Å². The number of rotatable bonds is 6. The van der Waals surface area contributed by atoms with Crippen molar-refractivity contribution in [1.29, 1.82) is 0 Å². The van der Waals surface area contributed by atoms with Crippen LogP contribution in [0.1, 0.15) is 42.6 Å². The molecule has 1 aliphatic carbocycles. The van der Waals surface area contributed by atoms with Crippen LogP contribution in [0.3, 0.4) is 0 Å². The van der Waals surface area contributed by atoms with Crippen molar-refractivity contribution in [2.75, 3.05) is 0 Å². The van der Waals surface area contributed by atoms with Crippen LogP contribution in [0.25, 0.3) is 11.7 Å². The number of aromatic hydroxyl groups is 1. The van der Waals surface area contributed by atoms with Gasteiger partial charge in [0.25, 0.3) is 5.91 Å². The molecule has 0 saturated heterocycles. The van der Waals surface area contributed by atoms with E-state index in [1.54, 1.807) is 0 Å². The zero-order valence-electron chi connectivity index (χ0n) is 14.5. The number of aliphatic carboxylic acids is 1. The second-order valence-corrected chi connectivity index (χ2v) is 6.82. The van der Waals surface area contributed by atoms with Crippen LogP contribution < -0.4 is 15.4 Å². The summed E-state index contributed by atoms with van der Waals surface area (Å²) in [7, 11) is 0. The summed E-state index contributed by atoms with van der Waals surface area (Å²) in [5, 5.41) is 25.0. The summed E-state index contributed by atoms with van der Waals surface area (Å²) in [4.78, 5) is 36.0. The van der Waals surface area contributed by atoms with Crippen LogP contribution in [0.2, 0.25) is 0 Å². The van der Waals surface area contributed by atoms with E-state index in [1.807, 2.05) is 13.8 Å². The van der Waals surface area contributed by atoms with Crippen molar-refractivity contribution in [2.45, 2.75) is 39.3 Å². The molecule has 1 fully saturated rings. The highest BCUT2D eigenvalue weighted by Crippen LogP contribution is 2.20. The van der Waals surface area contributed by atoms with Gasteiger partial charge in [-0.2, -0.15) is 4.57 Å².